The molecule has 0 saturated carbocycles. The molecule has 0 rings (SSSR count). The van der Waals surface area contributed by atoms with Gasteiger partial charge < -0.3 is 33.8 Å². The van der Waals surface area contributed by atoms with Gasteiger partial charge in [-0.3, -0.25) is 37.3 Å². The Morgan fingerprint density at radius 2 is 0.543 bits per heavy atom. The van der Waals surface area contributed by atoms with Gasteiger partial charge in [-0.2, -0.15) is 0 Å². The summed E-state index contributed by atoms with van der Waals surface area (Å²) in [6.45, 7) is 9.62. The largest absolute Gasteiger partial charge is 0.472 e. The number of hydrogen-bond donors (Lipinski definition) is 3. The van der Waals surface area contributed by atoms with Crippen molar-refractivity contribution in [1.82, 2.24) is 0 Å². The van der Waals surface area contributed by atoms with Crippen molar-refractivity contribution >= 4 is 39.5 Å². The second kappa shape index (κ2) is 66.9. The molecule has 17 nitrogen and oxygen atoms in total. The van der Waals surface area contributed by atoms with Gasteiger partial charge in [0.15, 0.2) is 12.2 Å². The second-order valence-corrected chi connectivity index (χ2v) is 30.7. The number of phosphoric ester groups is 2. The molecule has 3 N–H and O–H groups in total. The highest BCUT2D eigenvalue weighted by atomic mass is 31.2. The van der Waals surface area contributed by atoms with Gasteiger partial charge in [-0.1, -0.05) is 337 Å². The first kappa shape index (κ1) is 92.1. The average molecular weight is 1380 g/mol. The maximum Gasteiger partial charge on any atom is 0.472 e. The lowest BCUT2D eigenvalue weighted by Gasteiger charge is -2.21. The minimum absolute atomic E-state index is 0.106. The van der Waals surface area contributed by atoms with Crippen molar-refractivity contribution in [2.24, 2.45) is 11.8 Å². The molecule has 0 aromatic carbocycles. The van der Waals surface area contributed by atoms with Crippen LogP contribution in [-0.4, -0.2) is 96.7 Å². The van der Waals surface area contributed by atoms with Crippen molar-refractivity contribution in [3.8, 4) is 0 Å². The number of ether oxygens (including phenoxy) is 4. The van der Waals surface area contributed by atoms with E-state index in [0.29, 0.717) is 25.7 Å². The molecule has 19 heteroatoms. The summed E-state index contributed by atoms with van der Waals surface area (Å²) in [5.41, 5.74) is 0. The molecular formula is C75H146O17P2. The third-order valence-corrected chi connectivity index (χ3v) is 19.7. The van der Waals surface area contributed by atoms with E-state index in [4.69, 9.17) is 37.0 Å². The number of phosphoric acid groups is 2. The van der Waals surface area contributed by atoms with Crippen LogP contribution in [0.25, 0.3) is 0 Å². The highest BCUT2D eigenvalue weighted by Gasteiger charge is 2.30. The molecule has 3 unspecified atom stereocenters. The van der Waals surface area contributed by atoms with E-state index < -0.39 is 97.5 Å². The van der Waals surface area contributed by atoms with E-state index in [-0.39, 0.29) is 25.7 Å². The summed E-state index contributed by atoms with van der Waals surface area (Å²) in [5.74, 6) is -0.541. The second-order valence-electron chi connectivity index (χ2n) is 27.8. The Morgan fingerprint density at radius 1 is 0.309 bits per heavy atom. The van der Waals surface area contributed by atoms with Crippen molar-refractivity contribution in [3.05, 3.63) is 0 Å². The molecule has 0 heterocycles. The van der Waals surface area contributed by atoms with E-state index in [1.807, 2.05) is 0 Å². The molecule has 0 aromatic heterocycles. The molecular weight excluding hydrogens is 1230 g/mol. The quantitative estimate of drug-likeness (QED) is 0.0222. The normalized spacial score (nSPS) is 14.3. The Labute approximate surface area is 575 Å². The van der Waals surface area contributed by atoms with Crippen LogP contribution in [0, 0.1) is 11.8 Å². The van der Waals surface area contributed by atoms with Crippen LogP contribution in [-0.2, 0) is 65.4 Å². The van der Waals surface area contributed by atoms with Gasteiger partial charge in [0.05, 0.1) is 26.4 Å². The topological polar surface area (TPSA) is 237 Å². The number of carbonyl (C=O) groups excluding carboxylic acids is 4. The van der Waals surface area contributed by atoms with Crippen molar-refractivity contribution in [1.29, 1.82) is 0 Å². The summed E-state index contributed by atoms with van der Waals surface area (Å²) in [4.78, 5) is 72.8. The van der Waals surface area contributed by atoms with Crippen LogP contribution in [0.4, 0.5) is 0 Å². The van der Waals surface area contributed by atoms with Crippen LogP contribution in [0.3, 0.4) is 0 Å². The minimum atomic E-state index is -4.96. The van der Waals surface area contributed by atoms with E-state index in [1.165, 1.54) is 205 Å². The molecule has 0 aromatic rings. The third kappa shape index (κ3) is 67.3. The molecule has 0 aliphatic heterocycles. The molecule has 0 fully saturated rings. The number of hydrogen-bond acceptors (Lipinski definition) is 15. The number of unbranched alkanes of at least 4 members (excludes halogenated alkanes) is 43. The number of aliphatic hydroxyl groups excluding tert-OH is 1. The standard InChI is InChI=1S/C75H146O17P2/c1-7-10-12-14-16-18-20-21-22-23-24-27-35-41-47-53-59-74(79)91-71(64-86-73(78)58-52-46-40-34-28-25-26-31-37-43-49-55-67(4)5)66-90-94(83,84)88-62-69(76)61-87-93(81,82)89-65-70(63-85-72(77)57-51-45-39-33-19-17-15-13-11-8-2)92-75(80)60-54-48-42-36-30-29-32-38-44-50-56-68(6)9-3/h67-71,76H,7-66H2,1-6H3,(H,81,82)(H,83,84)/t68?,69-,70+,71+/m0/s1. The number of aliphatic hydroxyl groups is 1. The van der Waals surface area contributed by atoms with Gasteiger partial charge in [-0.15, -0.1) is 0 Å². The van der Waals surface area contributed by atoms with Gasteiger partial charge in [0.1, 0.15) is 19.3 Å². The fraction of sp³-hybridized carbons (Fsp3) is 0.947. The first-order valence-electron chi connectivity index (χ1n) is 39.0. The molecule has 0 amide bonds. The van der Waals surface area contributed by atoms with E-state index in [2.05, 4.69) is 41.5 Å². The van der Waals surface area contributed by atoms with Crippen molar-refractivity contribution in [3.63, 3.8) is 0 Å². The lowest BCUT2D eigenvalue weighted by molar-refractivity contribution is -0.161. The number of carbonyl (C=O) groups is 4. The van der Waals surface area contributed by atoms with Crippen LogP contribution in [0.5, 0.6) is 0 Å². The zero-order valence-electron chi connectivity index (χ0n) is 61.3. The smallest absolute Gasteiger partial charge is 0.462 e. The molecule has 94 heavy (non-hydrogen) atoms. The summed E-state index contributed by atoms with van der Waals surface area (Å²) in [5, 5.41) is 10.6. The first-order valence-corrected chi connectivity index (χ1v) is 42.0. The van der Waals surface area contributed by atoms with Crippen molar-refractivity contribution in [2.45, 2.75) is 407 Å². The first-order chi connectivity index (χ1) is 45.4. The predicted octanol–water partition coefficient (Wildman–Crippen LogP) is 21.9. The Balaban J connectivity index is 5.26. The molecule has 558 valence electrons. The van der Waals surface area contributed by atoms with Gasteiger partial charge in [0.25, 0.3) is 0 Å². The van der Waals surface area contributed by atoms with Gasteiger partial charge in [-0.05, 0) is 37.5 Å². The molecule has 6 atom stereocenters. The lowest BCUT2D eigenvalue weighted by atomic mass is 9.99. The maximum atomic E-state index is 13.1. The van der Waals surface area contributed by atoms with Crippen molar-refractivity contribution < 1.29 is 80.2 Å². The number of esters is 4. The average Bonchev–Trinajstić information content (AvgIpc) is 1.23. The zero-order valence-corrected chi connectivity index (χ0v) is 63.1. The molecule has 0 bridgehead atoms. The molecule has 0 spiro atoms. The van der Waals surface area contributed by atoms with Gasteiger partial charge >= 0.3 is 39.5 Å². The van der Waals surface area contributed by atoms with Crippen LogP contribution in [0.15, 0.2) is 0 Å². The predicted molar refractivity (Wildman–Crippen MR) is 381 cm³/mol. The van der Waals surface area contributed by atoms with Gasteiger partial charge in [0.2, 0.25) is 0 Å². The zero-order chi connectivity index (χ0) is 69.3. The summed E-state index contributed by atoms with van der Waals surface area (Å²) < 4.78 is 68.5. The molecule has 0 radical (unpaired) electrons. The fourth-order valence-corrected chi connectivity index (χ4v) is 13.0. The summed E-state index contributed by atoms with van der Waals surface area (Å²) in [6, 6.07) is 0. The minimum Gasteiger partial charge on any atom is -0.462 e. The Morgan fingerprint density at radius 3 is 0.809 bits per heavy atom. The van der Waals surface area contributed by atoms with E-state index in [9.17, 15) is 43.2 Å². The molecule has 0 saturated heterocycles. The molecule has 0 aliphatic rings. The van der Waals surface area contributed by atoms with Crippen LogP contribution < -0.4 is 0 Å². The Bertz CT molecular complexity index is 1820. The Hall–Kier alpha value is -1.94. The summed E-state index contributed by atoms with van der Waals surface area (Å²) in [7, 11) is -9.91. The fourth-order valence-electron chi connectivity index (χ4n) is 11.4. The third-order valence-electron chi connectivity index (χ3n) is 17.8. The molecule has 0 aliphatic carbocycles. The van der Waals surface area contributed by atoms with Crippen LogP contribution >= 0.6 is 15.6 Å². The van der Waals surface area contributed by atoms with E-state index >= 15 is 0 Å². The monoisotopic (exact) mass is 1380 g/mol. The van der Waals surface area contributed by atoms with Gasteiger partial charge in [-0.25, -0.2) is 9.13 Å². The van der Waals surface area contributed by atoms with Crippen molar-refractivity contribution in [2.75, 3.05) is 39.6 Å². The van der Waals surface area contributed by atoms with Crippen LogP contribution in [0.2, 0.25) is 0 Å². The highest BCUT2D eigenvalue weighted by molar-refractivity contribution is 7.47. The SMILES string of the molecule is CCCCCCCCCCCCCCCCCCC(=O)O[C@H](COC(=O)CCCCCCCCCCCCCC(C)C)COP(=O)(O)OC[C@@H](O)COP(=O)(O)OC[C@@H](COC(=O)CCCCCCCCCCCC)OC(=O)CCCCCCCCCCCCC(C)CC. The summed E-state index contributed by atoms with van der Waals surface area (Å²) in [6.07, 6.45) is 53.9. The Kier molecular flexibility index (Phi) is 65.5. The highest BCUT2D eigenvalue weighted by Crippen LogP contribution is 2.45. The van der Waals surface area contributed by atoms with Gasteiger partial charge in [0, 0.05) is 25.7 Å². The van der Waals surface area contributed by atoms with E-state index in [0.717, 1.165) is 102 Å². The lowest BCUT2D eigenvalue weighted by Crippen LogP contribution is -2.30. The maximum absolute atomic E-state index is 13.1. The van der Waals surface area contributed by atoms with Crippen LogP contribution in [0.1, 0.15) is 388 Å². The summed E-state index contributed by atoms with van der Waals surface area (Å²) >= 11 is 0. The number of rotatable bonds is 74. The van der Waals surface area contributed by atoms with E-state index in [1.54, 1.807) is 0 Å².